The average Bonchev–Trinajstić information content (AvgIpc) is 3.26. The van der Waals surface area contributed by atoms with Gasteiger partial charge >= 0.3 is 0 Å². The van der Waals surface area contributed by atoms with Gasteiger partial charge in [0.15, 0.2) is 0 Å². The van der Waals surface area contributed by atoms with Gasteiger partial charge in [0.2, 0.25) is 0 Å². The summed E-state index contributed by atoms with van der Waals surface area (Å²) >= 11 is 5.93. The largest absolute Gasteiger partial charge is 0.497 e. The molecule has 29 heavy (non-hydrogen) atoms. The van der Waals surface area contributed by atoms with Gasteiger partial charge in [-0.05, 0) is 60.9 Å². The fourth-order valence-electron chi connectivity index (χ4n) is 2.93. The lowest BCUT2D eigenvalue weighted by molar-refractivity contribution is -0.118. The summed E-state index contributed by atoms with van der Waals surface area (Å²) in [5, 5.41) is 6.13. The van der Waals surface area contributed by atoms with Crippen molar-refractivity contribution in [2.45, 2.75) is 18.9 Å². The number of hydrogen-bond donors (Lipinski definition) is 2. The van der Waals surface area contributed by atoms with Crippen LogP contribution in [-0.4, -0.2) is 38.2 Å². The Morgan fingerprint density at radius 2 is 1.90 bits per heavy atom. The van der Waals surface area contributed by atoms with E-state index in [1.54, 1.807) is 61.7 Å². The first-order valence-corrected chi connectivity index (χ1v) is 9.75. The summed E-state index contributed by atoms with van der Waals surface area (Å²) in [7, 11) is 1.56. The van der Waals surface area contributed by atoms with Crippen LogP contribution in [0.2, 0.25) is 5.02 Å². The number of hydrogen-bond acceptors (Lipinski definition) is 4. The van der Waals surface area contributed by atoms with Crippen LogP contribution in [0.5, 0.6) is 5.75 Å². The van der Waals surface area contributed by atoms with Gasteiger partial charge in [0.25, 0.3) is 11.8 Å². The van der Waals surface area contributed by atoms with E-state index in [9.17, 15) is 9.59 Å². The summed E-state index contributed by atoms with van der Waals surface area (Å²) in [6, 6.07) is 13.6. The number of halogens is 1. The van der Waals surface area contributed by atoms with E-state index in [0.717, 1.165) is 18.4 Å². The van der Waals surface area contributed by atoms with E-state index >= 15 is 0 Å². The lowest BCUT2D eigenvalue weighted by Crippen LogP contribution is -2.38. The van der Waals surface area contributed by atoms with E-state index in [1.165, 1.54) is 0 Å². The second kappa shape index (κ2) is 10.1. The maximum Gasteiger partial charge on any atom is 0.267 e. The minimum absolute atomic E-state index is 0.00743. The van der Waals surface area contributed by atoms with Gasteiger partial charge in [0.1, 0.15) is 11.4 Å². The summed E-state index contributed by atoms with van der Waals surface area (Å²) in [5.74, 6) is -0.120. The van der Waals surface area contributed by atoms with Crippen molar-refractivity contribution in [3.63, 3.8) is 0 Å². The fraction of sp³-hybridized carbons (Fsp3) is 0.273. The van der Waals surface area contributed by atoms with Crippen LogP contribution in [0, 0.1) is 0 Å². The molecular formula is C22H23ClN2O4. The first kappa shape index (κ1) is 20.9. The molecule has 1 fully saturated rings. The number of carbonyl (C=O) groups is 2. The molecule has 0 bridgehead atoms. The third kappa shape index (κ3) is 6.07. The van der Waals surface area contributed by atoms with Crippen molar-refractivity contribution in [1.29, 1.82) is 0 Å². The third-order valence-corrected chi connectivity index (χ3v) is 4.79. The number of rotatable bonds is 7. The fourth-order valence-corrected chi connectivity index (χ4v) is 3.05. The van der Waals surface area contributed by atoms with Crippen LogP contribution in [0.25, 0.3) is 6.08 Å². The molecule has 0 aromatic heterocycles. The van der Waals surface area contributed by atoms with Crippen molar-refractivity contribution in [3.8, 4) is 5.75 Å². The highest BCUT2D eigenvalue weighted by Gasteiger charge is 2.19. The Hall–Kier alpha value is -2.83. The number of amides is 2. The van der Waals surface area contributed by atoms with Crippen molar-refractivity contribution in [2.75, 3.05) is 20.3 Å². The topological polar surface area (TPSA) is 76.7 Å². The second-order valence-electron chi connectivity index (χ2n) is 6.64. The van der Waals surface area contributed by atoms with Crippen molar-refractivity contribution in [1.82, 2.24) is 10.6 Å². The van der Waals surface area contributed by atoms with E-state index in [2.05, 4.69) is 10.6 Å². The zero-order chi connectivity index (χ0) is 20.6. The van der Waals surface area contributed by atoms with E-state index in [1.807, 2.05) is 0 Å². The molecule has 1 aliphatic heterocycles. The average molecular weight is 415 g/mol. The smallest absolute Gasteiger partial charge is 0.267 e. The van der Waals surface area contributed by atoms with E-state index in [4.69, 9.17) is 21.1 Å². The van der Waals surface area contributed by atoms with Gasteiger partial charge in [0, 0.05) is 23.7 Å². The number of benzene rings is 2. The Labute approximate surface area is 174 Å². The minimum Gasteiger partial charge on any atom is -0.497 e. The molecule has 6 nitrogen and oxygen atoms in total. The third-order valence-electron chi connectivity index (χ3n) is 4.54. The molecule has 0 saturated carbocycles. The molecule has 3 rings (SSSR count). The molecule has 2 amide bonds. The van der Waals surface area contributed by atoms with Crippen LogP contribution < -0.4 is 15.4 Å². The Bertz CT molecular complexity index is 873. The van der Waals surface area contributed by atoms with E-state index in [-0.39, 0.29) is 23.6 Å². The first-order valence-electron chi connectivity index (χ1n) is 9.37. The summed E-state index contributed by atoms with van der Waals surface area (Å²) < 4.78 is 10.6. The van der Waals surface area contributed by atoms with Crippen LogP contribution in [0.1, 0.15) is 28.8 Å². The van der Waals surface area contributed by atoms with Crippen LogP contribution in [0.3, 0.4) is 0 Å². The quantitative estimate of drug-likeness (QED) is 0.681. The summed E-state index contributed by atoms with van der Waals surface area (Å²) in [6.45, 7) is 1.11. The SMILES string of the molecule is COc1ccc(C(=O)N/C(=C\c2ccc(Cl)cc2)C(=O)NC[C@H]2CCCO2)cc1. The van der Waals surface area contributed by atoms with Crippen LogP contribution in [-0.2, 0) is 9.53 Å². The summed E-state index contributed by atoms with van der Waals surface area (Å²) in [6.07, 6.45) is 3.52. The predicted octanol–water partition coefficient (Wildman–Crippen LogP) is 3.41. The monoisotopic (exact) mass is 414 g/mol. The number of carbonyl (C=O) groups excluding carboxylic acids is 2. The molecule has 1 saturated heterocycles. The van der Waals surface area contributed by atoms with Crippen LogP contribution in [0.15, 0.2) is 54.2 Å². The zero-order valence-corrected chi connectivity index (χ0v) is 16.9. The lowest BCUT2D eigenvalue weighted by Gasteiger charge is -2.14. The Morgan fingerprint density at radius 3 is 2.52 bits per heavy atom. The zero-order valence-electron chi connectivity index (χ0n) is 16.1. The van der Waals surface area contributed by atoms with Crippen LogP contribution >= 0.6 is 11.6 Å². The Morgan fingerprint density at radius 1 is 1.17 bits per heavy atom. The Balaban J connectivity index is 1.75. The molecular weight excluding hydrogens is 392 g/mol. The van der Waals surface area contributed by atoms with Crippen molar-refractivity contribution in [2.24, 2.45) is 0 Å². The van der Waals surface area contributed by atoms with E-state index < -0.39 is 0 Å². The summed E-state index contributed by atoms with van der Waals surface area (Å²) in [4.78, 5) is 25.4. The highest BCUT2D eigenvalue weighted by molar-refractivity contribution is 6.30. The predicted molar refractivity (Wildman–Crippen MR) is 112 cm³/mol. The lowest BCUT2D eigenvalue weighted by atomic mass is 10.1. The molecule has 1 aliphatic rings. The molecule has 1 atom stereocenters. The normalized spacial score (nSPS) is 16.3. The van der Waals surface area contributed by atoms with Gasteiger partial charge in [-0.1, -0.05) is 23.7 Å². The Kier molecular flexibility index (Phi) is 7.27. The molecule has 0 unspecified atom stereocenters. The van der Waals surface area contributed by atoms with Crippen LogP contribution in [0.4, 0.5) is 0 Å². The van der Waals surface area contributed by atoms with Gasteiger partial charge in [-0.25, -0.2) is 0 Å². The molecule has 0 spiro atoms. The maximum absolute atomic E-state index is 12.7. The molecule has 7 heteroatoms. The molecule has 2 N–H and O–H groups in total. The van der Waals surface area contributed by atoms with Gasteiger partial charge in [-0.3, -0.25) is 9.59 Å². The van der Waals surface area contributed by atoms with Gasteiger partial charge in [-0.15, -0.1) is 0 Å². The summed E-state index contributed by atoms with van der Waals surface area (Å²) in [5.41, 5.74) is 1.30. The number of methoxy groups -OCH3 is 1. The molecule has 2 aromatic rings. The maximum atomic E-state index is 12.7. The molecule has 152 valence electrons. The number of nitrogens with one attached hydrogen (secondary N) is 2. The van der Waals surface area contributed by atoms with E-state index in [0.29, 0.717) is 29.5 Å². The highest BCUT2D eigenvalue weighted by Crippen LogP contribution is 2.15. The van der Waals surface area contributed by atoms with Crippen molar-refractivity contribution in [3.05, 3.63) is 70.4 Å². The molecule has 0 aliphatic carbocycles. The van der Waals surface area contributed by atoms with Crippen molar-refractivity contribution >= 4 is 29.5 Å². The minimum atomic E-state index is -0.389. The van der Waals surface area contributed by atoms with Gasteiger partial charge in [0.05, 0.1) is 13.2 Å². The highest BCUT2D eigenvalue weighted by atomic mass is 35.5. The molecule has 0 radical (unpaired) electrons. The number of ether oxygens (including phenoxy) is 2. The molecule has 1 heterocycles. The van der Waals surface area contributed by atoms with Gasteiger partial charge < -0.3 is 20.1 Å². The van der Waals surface area contributed by atoms with Gasteiger partial charge in [-0.2, -0.15) is 0 Å². The van der Waals surface area contributed by atoms with Crippen molar-refractivity contribution < 1.29 is 19.1 Å². The standard InChI is InChI=1S/C22H23ClN2O4/c1-28-18-10-6-16(7-11-18)21(26)25-20(13-15-4-8-17(23)9-5-15)22(27)24-14-19-3-2-12-29-19/h4-11,13,19H,2-3,12,14H2,1H3,(H,24,27)(H,25,26)/b20-13-/t19-/m1/s1. The first-order chi connectivity index (χ1) is 14.0. The second-order valence-corrected chi connectivity index (χ2v) is 7.07. The molecule has 2 aromatic carbocycles.